The van der Waals surface area contributed by atoms with Crippen molar-refractivity contribution in [2.24, 2.45) is 5.41 Å². The van der Waals surface area contributed by atoms with Crippen molar-refractivity contribution in [1.29, 1.82) is 0 Å². The number of carbonyl (C=O) groups excluding carboxylic acids is 1. The molecule has 1 heterocycles. The van der Waals surface area contributed by atoms with Gasteiger partial charge in [-0.2, -0.15) is 11.8 Å². The van der Waals surface area contributed by atoms with Gasteiger partial charge in [-0.15, -0.1) is 0 Å². The van der Waals surface area contributed by atoms with Gasteiger partial charge in [-0.05, 0) is 45.1 Å². The van der Waals surface area contributed by atoms with Gasteiger partial charge in [-0.1, -0.05) is 0 Å². The van der Waals surface area contributed by atoms with E-state index in [2.05, 4.69) is 5.32 Å². The summed E-state index contributed by atoms with van der Waals surface area (Å²) in [5.41, 5.74) is -0.679. The van der Waals surface area contributed by atoms with Gasteiger partial charge < -0.3 is 15.3 Å². The van der Waals surface area contributed by atoms with Crippen LogP contribution in [0.15, 0.2) is 0 Å². The number of carbonyl (C=O) groups is 2. The second-order valence-electron chi connectivity index (χ2n) is 5.48. The Labute approximate surface area is 119 Å². The summed E-state index contributed by atoms with van der Waals surface area (Å²) < 4.78 is 0. The zero-order valence-corrected chi connectivity index (χ0v) is 12.8. The van der Waals surface area contributed by atoms with Crippen molar-refractivity contribution >= 4 is 23.8 Å². The maximum Gasteiger partial charge on any atom is 0.317 e. The van der Waals surface area contributed by atoms with Crippen LogP contribution in [0.3, 0.4) is 0 Å². The van der Waals surface area contributed by atoms with Gasteiger partial charge in [0.15, 0.2) is 0 Å². The molecular formula is C13H24N2O3S. The molecule has 0 aromatic rings. The SMILES string of the molecule is CSCCC(C)NC(=O)N1CCC(C)(C(=O)O)CC1. The predicted octanol–water partition coefficient (Wildman–Crippen LogP) is 2.02. The standard InChI is InChI=1S/C13H24N2O3S/c1-10(4-9-19-3)14-12(18)15-7-5-13(2,6-8-15)11(16)17/h10H,4-9H2,1-3H3,(H,14,18)(H,16,17). The summed E-state index contributed by atoms with van der Waals surface area (Å²) in [7, 11) is 0. The van der Waals surface area contributed by atoms with E-state index < -0.39 is 11.4 Å². The van der Waals surface area contributed by atoms with E-state index >= 15 is 0 Å². The molecule has 0 aromatic carbocycles. The minimum atomic E-state index is -0.763. The summed E-state index contributed by atoms with van der Waals surface area (Å²) in [5, 5.41) is 12.1. The average molecular weight is 288 g/mol. The second-order valence-corrected chi connectivity index (χ2v) is 6.47. The molecule has 2 N–H and O–H groups in total. The number of likely N-dealkylation sites (tertiary alicyclic amines) is 1. The number of rotatable bonds is 5. The van der Waals surface area contributed by atoms with E-state index in [9.17, 15) is 9.59 Å². The van der Waals surface area contributed by atoms with Gasteiger partial charge in [-0.3, -0.25) is 4.79 Å². The number of piperidine rings is 1. The van der Waals surface area contributed by atoms with Crippen molar-refractivity contribution in [3.05, 3.63) is 0 Å². The van der Waals surface area contributed by atoms with Crippen LogP contribution in [0.1, 0.15) is 33.1 Å². The molecule has 110 valence electrons. The molecule has 1 aliphatic heterocycles. The number of hydrogen-bond acceptors (Lipinski definition) is 3. The molecule has 1 atom stereocenters. The zero-order chi connectivity index (χ0) is 14.5. The highest BCUT2D eigenvalue weighted by Gasteiger charge is 2.38. The third kappa shape index (κ3) is 4.60. The average Bonchev–Trinajstić information content (AvgIpc) is 2.36. The van der Waals surface area contributed by atoms with Crippen molar-refractivity contribution in [3.63, 3.8) is 0 Å². The Morgan fingerprint density at radius 2 is 2.00 bits per heavy atom. The summed E-state index contributed by atoms with van der Waals surface area (Å²) in [6.07, 6.45) is 4.05. The Morgan fingerprint density at radius 3 is 2.47 bits per heavy atom. The van der Waals surface area contributed by atoms with E-state index in [1.54, 1.807) is 23.6 Å². The highest BCUT2D eigenvalue weighted by atomic mass is 32.2. The topological polar surface area (TPSA) is 69.6 Å². The molecule has 5 nitrogen and oxygen atoms in total. The molecule has 0 spiro atoms. The molecule has 0 saturated carbocycles. The van der Waals surface area contributed by atoms with Gasteiger partial charge in [0.05, 0.1) is 5.41 Å². The van der Waals surface area contributed by atoms with E-state index in [4.69, 9.17) is 5.11 Å². The lowest BCUT2D eigenvalue weighted by molar-refractivity contribution is -0.150. The molecule has 1 aliphatic rings. The summed E-state index contributed by atoms with van der Waals surface area (Å²) >= 11 is 1.77. The van der Waals surface area contributed by atoms with Crippen LogP contribution in [0.2, 0.25) is 0 Å². The first kappa shape index (κ1) is 16.1. The summed E-state index contributed by atoms with van der Waals surface area (Å²) in [6, 6.07) is 0.0915. The fourth-order valence-electron chi connectivity index (χ4n) is 2.09. The van der Waals surface area contributed by atoms with Crippen LogP contribution >= 0.6 is 11.8 Å². The number of carboxylic acid groups (broad SMARTS) is 1. The number of thioether (sulfide) groups is 1. The summed E-state index contributed by atoms with van der Waals surface area (Å²) in [4.78, 5) is 24.9. The van der Waals surface area contributed by atoms with Crippen LogP contribution in [0, 0.1) is 5.41 Å². The molecule has 19 heavy (non-hydrogen) atoms. The maximum absolute atomic E-state index is 12.0. The number of nitrogens with zero attached hydrogens (tertiary/aromatic N) is 1. The van der Waals surface area contributed by atoms with Gasteiger partial charge in [0.1, 0.15) is 0 Å². The minimum absolute atomic E-state index is 0.0685. The molecule has 6 heteroatoms. The molecule has 2 amide bonds. The van der Waals surface area contributed by atoms with Crippen LogP contribution in [0.5, 0.6) is 0 Å². The monoisotopic (exact) mass is 288 g/mol. The normalized spacial score (nSPS) is 19.8. The Kier molecular flexibility index (Phi) is 5.97. The largest absolute Gasteiger partial charge is 0.481 e. The number of nitrogens with one attached hydrogen (secondary N) is 1. The number of amides is 2. The van der Waals surface area contributed by atoms with Crippen molar-refractivity contribution in [2.45, 2.75) is 39.2 Å². The van der Waals surface area contributed by atoms with Crippen molar-refractivity contribution in [3.8, 4) is 0 Å². The Bertz CT molecular complexity index is 328. The minimum Gasteiger partial charge on any atom is -0.481 e. The predicted molar refractivity (Wildman–Crippen MR) is 77.5 cm³/mol. The summed E-state index contributed by atoms with van der Waals surface area (Å²) in [5.74, 6) is 0.263. The fourth-order valence-corrected chi connectivity index (χ4v) is 2.68. The first-order valence-electron chi connectivity index (χ1n) is 6.67. The number of hydrogen-bond donors (Lipinski definition) is 2. The number of carboxylic acids is 1. The van der Waals surface area contributed by atoms with E-state index in [-0.39, 0.29) is 12.1 Å². The lowest BCUT2D eigenvalue weighted by atomic mass is 9.80. The molecule has 1 fully saturated rings. The van der Waals surface area contributed by atoms with Gasteiger partial charge in [-0.25, -0.2) is 4.79 Å². The van der Waals surface area contributed by atoms with Crippen LogP contribution in [-0.4, -0.2) is 53.1 Å². The van der Waals surface area contributed by atoms with Gasteiger partial charge in [0.25, 0.3) is 0 Å². The third-order valence-corrected chi connectivity index (χ3v) is 4.44. The van der Waals surface area contributed by atoms with Crippen molar-refractivity contribution < 1.29 is 14.7 Å². The van der Waals surface area contributed by atoms with Gasteiger partial charge in [0.2, 0.25) is 0 Å². The quantitative estimate of drug-likeness (QED) is 0.812. The lowest BCUT2D eigenvalue weighted by Gasteiger charge is -2.36. The maximum atomic E-state index is 12.0. The van der Waals surface area contributed by atoms with Crippen LogP contribution in [0.25, 0.3) is 0 Å². The smallest absolute Gasteiger partial charge is 0.317 e. The van der Waals surface area contributed by atoms with E-state index in [0.717, 1.165) is 12.2 Å². The molecule has 1 saturated heterocycles. The van der Waals surface area contributed by atoms with E-state index in [1.165, 1.54) is 0 Å². The Balaban J connectivity index is 2.38. The fraction of sp³-hybridized carbons (Fsp3) is 0.846. The van der Waals surface area contributed by atoms with Crippen LogP contribution < -0.4 is 5.32 Å². The van der Waals surface area contributed by atoms with Crippen molar-refractivity contribution in [2.75, 3.05) is 25.1 Å². The Hall–Kier alpha value is -0.910. The highest BCUT2D eigenvalue weighted by molar-refractivity contribution is 7.98. The van der Waals surface area contributed by atoms with Gasteiger partial charge in [0, 0.05) is 19.1 Å². The van der Waals surface area contributed by atoms with Crippen molar-refractivity contribution in [1.82, 2.24) is 10.2 Å². The first-order valence-corrected chi connectivity index (χ1v) is 8.06. The zero-order valence-electron chi connectivity index (χ0n) is 11.9. The number of urea groups is 1. The third-order valence-electron chi connectivity index (χ3n) is 3.80. The first-order chi connectivity index (χ1) is 8.89. The van der Waals surface area contributed by atoms with E-state index in [0.29, 0.717) is 25.9 Å². The van der Waals surface area contributed by atoms with Crippen LogP contribution in [0.4, 0.5) is 4.79 Å². The number of aliphatic carboxylic acids is 1. The molecule has 1 rings (SSSR count). The summed E-state index contributed by atoms with van der Waals surface area (Å²) in [6.45, 7) is 4.79. The Morgan fingerprint density at radius 1 is 1.42 bits per heavy atom. The molecule has 1 unspecified atom stereocenters. The molecule has 0 aliphatic carbocycles. The molecular weight excluding hydrogens is 264 g/mol. The van der Waals surface area contributed by atoms with Crippen LogP contribution in [-0.2, 0) is 4.79 Å². The molecule has 0 radical (unpaired) electrons. The molecule has 0 aromatic heterocycles. The lowest BCUT2D eigenvalue weighted by Crippen LogP contribution is -2.50. The van der Waals surface area contributed by atoms with E-state index in [1.807, 2.05) is 13.2 Å². The second kappa shape index (κ2) is 7.03. The van der Waals surface area contributed by atoms with Gasteiger partial charge >= 0.3 is 12.0 Å². The molecule has 0 bridgehead atoms. The highest BCUT2D eigenvalue weighted by Crippen LogP contribution is 2.30.